The molecule has 0 bridgehead atoms. The highest BCUT2D eigenvalue weighted by Crippen LogP contribution is 2.27. The molecule has 0 spiro atoms. The molecule has 15 heavy (non-hydrogen) atoms. The van der Waals surface area contributed by atoms with Gasteiger partial charge in [0.05, 0.1) is 0 Å². The van der Waals surface area contributed by atoms with Gasteiger partial charge in [-0.3, -0.25) is 9.69 Å². The summed E-state index contributed by atoms with van der Waals surface area (Å²) in [5, 5.41) is 2.29. The summed E-state index contributed by atoms with van der Waals surface area (Å²) in [6.07, 6.45) is -4.16. The van der Waals surface area contributed by atoms with Gasteiger partial charge in [-0.05, 0) is 13.8 Å². The third-order valence-corrected chi connectivity index (χ3v) is 2.53. The number of nitrogens with one attached hydrogen (secondary N) is 1. The number of hydrogen-bond acceptors (Lipinski definition) is 2. The SMILES string of the molecule is CC(C)N1CCC(=O)NCC1C(F)(F)F. The second kappa shape index (κ2) is 4.38. The molecular formula is C9H15F3N2O. The van der Waals surface area contributed by atoms with Crippen molar-refractivity contribution in [1.82, 2.24) is 10.2 Å². The molecule has 0 aromatic carbocycles. The average molecular weight is 224 g/mol. The first-order valence-corrected chi connectivity index (χ1v) is 4.91. The van der Waals surface area contributed by atoms with Crippen LogP contribution in [0.25, 0.3) is 0 Å². The average Bonchev–Trinajstić information content (AvgIpc) is 2.25. The van der Waals surface area contributed by atoms with Gasteiger partial charge in [0.1, 0.15) is 6.04 Å². The van der Waals surface area contributed by atoms with Crippen LogP contribution in [0.2, 0.25) is 0 Å². The second-order valence-corrected chi connectivity index (χ2v) is 3.94. The first-order chi connectivity index (χ1) is 6.82. The molecule has 1 rings (SSSR count). The standard InChI is InChI=1S/C9H15F3N2O/c1-6(2)14-4-3-8(15)13-5-7(14)9(10,11)12/h6-7H,3-5H2,1-2H3,(H,13,15). The van der Waals surface area contributed by atoms with Gasteiger partial charge >= 0.3 is 6.18 Å². The Morgan fingerprint density at radius 2 is 2.07 bits per heavy atom. The van der Waals surface area contributed by atoms with E-state index in [4.69, 9.17) is 0 Å². The molecule has 1 heterocycles. The van der Waals surface area contributed by atoms with Crippen LogP contribution >= 0.6 is 0 Å². The Labute approximate surface area is 86.6 Å². The Balaban J connectivity index is 2.83. The molecular weight excluding hydrogens is 209 g/mol. The van der Waals surface area contributed by atoms with E-state index in [1.54, 1.807) is 13.8 Å². The summed E-state index contributed by atoms with van der Waals surface area (Å²) in [6.45, 7) is 3.22. The van der Waals surface area contributed by atoms with Crippen LogP contribution in [0.5, 0.6) is 0 Å². The van der Waals surface area contributed by atoms with Crippen molar-refractivity contribution >= 4 is 5.91 Å². The molecule has 1 aliphatic rings. The number of hydrogen-bond donors (Lipinski definition) is 1. The van der Waals surface area contributed by atoms with Crippen molar-refractivity contribution in [2.24, 2.45) is 0 Å². The van der Waals surface area contributed by atoms with E-state index in [9.17, 15) is 18.0 Å². The molecule has 1 fully saturated rings. The number of carbonyl (C=O) groups is 1. The van der Waals surface area contributed by atoms with Crippen LogP contribution in [-0.4, -0.2) is 42.2 Å². The van der Waals surface area contributed by atoms with Gasteiger partial charge in [-0.1, -0.05) is 0 Å². The second-order valence-electron chi connectivity index (χ2n) is 3.94. The van der Waals surface area contributed by atoms with Crippen LogP contribution in [0, 0.1) is 0 Å². The normalized spacial score (nSPS) is 25.2. The van der Waals surface area contributed by atoms with E-state index in [2.05, 4.69) is 5.32 Å². The lowest BCUT2D eigenvalue weighted by Crippen LogP contribution is -2.52. The van der Waals surface area contributed by atoms with Crippen LogP contribution in [-0.2, 0) is 4.79 Å². The zero-order chi connectivity index (χ0) is 11.6. The number of nitrogens with zero attached hydrogens (tertiary/aromatic N) is 1. The van der Waals surface area contributed by atoms with Crippen molar-refractivity contribution in [1.29, 1.82) is 0 Å². The third-order valence-electron chi connectivity index (χ3n) is 2.53. The van der Waals surface area contributed by atoms with Crippen molar-refractivity contribution in [3.8, 4) is 0 Å². The molecule has 0 aromatic rings. The molecule has 0 saturated carbocycles. The molecule has 1 atom stereocenters. The lowest BCUT2D eigenvalue weighted by Gasteiger charge is -2.33. The first-order valence-electron chi connectivity index (χ1n) is 4.91. The molecule has 1 amide bonds. The van der Waals surface area contributed by atoms with Crippen LogP contribution in [0.4, 0.5) is 13.2 Å². The third kappa shape index (κ3) is 3.09. The lowest BCUT2D eigenvalue weighted by molar-refractivity contribution is -0.185. The van der Waals surface area contributed by atoms with Gasteiger partial charge in [0.2, 0.25) is 5.91 Å². The van der Waals surface area contributed by atoms with Crippen molar-refractivity contribution in [3.05, 3.63) is 0 Å². The lowest BCUT2D eigenvalue weighted by atomic mass is 10.2. The fraction of sp³-hybridized carbons (Fsp3) is 0.889. The number of carbonyl (C=O) groups excluding carboxylic acids is 1. The van der Waals surface area contributed by atoms with Gasteiger partial charge in [0.15, 0.2) is 0 Å². The van der Waals surface area contributed by atoms with Gasteiger partial charge in [-0.15, -0.1) is 0 Å². The number of halogens is 3. The smallest absolute Gasteiger partial charge is 0.354 e. The maximum absolute atomic E-state index is 12.7. The molecule has 1 unspecified atom stereocenters. The molecule has 6 heteroatoms. The molecule has 0 aliphatic carbocycles. The highest BCUT2D eigenvalue weighted by atomic mass is 19.4. The molecule has 1 saturated heterocycles. The topological polar surface area (TPSA) is 32.3 Å². The quantitative estimate of drug-likeness (QED) is 0.724. The van der Waals surface area contributed by atoms with Crippen molar-refractivity contribution < 1.29 is 18.0 Å². The Morgan fingerprint density at radius 3 is 2.53 bits per heavy atom. The van der Waals surface area contributed by atoms with E-state index in [1.807, 2.05) is 0 Å². The van der Waals surface area contributed by atoms with Crippen LogP contribution < -0.4 is 5.32 Å². The maximum Gasteiger partial charge on any atom is 0.405 e. The van der Waals surface area contributed by atoms with Gasteiger partial charge < -0.3 is 5.32 Å². The molecule has 1 aliphatic heterocycles. The summed E-state index contributed by atoms with van der Waals surface area (Å²) in [5.74, 6) is -0.313. The van der Waals surface area contributed by atoms with Crippen LogP contribution in [0.3, 0.4) is 0 Å². The molecule has 0 radical (unpaired) electrons. The number of alkyl halides is 3. The molecule has 0 aromatic heterocycles. The maximum atomic E-state index is 12.7. The van der Waals surface area contributed by atoms with Gasteiger partial charge in [0, 0.05) is 25.6 Å². The Morgan fingerprint density at radius 1 is 1.47 bits per heavy atom. The minimum atomic E-state index is -4.29. The van der Waals surface area contributed by atoms with Crippen molar-refractivity contribution in [3.63, 3.8) is 0 Å². The fourth-order valence-electron chi connectivity index (χ4n) is 1.72. The van der Waals surface area contributed by atoms with E-state index in [-0.39, 0.29) is 31.5 Å². The summed E-state index contributed by atoms with van der Waals surface area (Å²) >= 11 is 0. The van der Waals surface area contributed by atoms with Crippen LogP contribution in [0.1, 0.15) is 20.3 Å². The Bertz CT molecular complexity index is 240. The zero-order valence-corrected chi connectivity index (χ0v) is 8.77. The fourth-order valence-corrected chi connectivity index (χ4v) is 1.72. The Kier molecular flexibility index (Phi) is 3.59. The summed E-state index contributed by atoms with van der Waals surface area (Å²) in [4.78, 5) is 12.3. The largest absolute Gasteiger partial charge is 0.405 e. The van der Waals surface area contributed by atoms with Gasteiger partial charge in [-0.25, -0.2) is 0 Å². The summed E-state index contributed by atoms with van der Waals surface area (Å²) in [5.41, 5.74) is 0. The predicted octanol–water partition coefficient (Wildman–Crippen LogP) is 1.15. The van der Waals surface area contributed by atoms with E-state index in [1.165, 1.54) is 4.90 Å². The molecule has 88 valence electrons. The first kappa shape index (κ1) is 12.3. The molecule has 1 N–H and O–H groups in total. The summed E-state index contributed by atoms with van der Waals surface area (Å²) in [7, 11) is 0. The highest BCUT2D eigenvalue weighted by molar-refractivity contribution is 5.76. The van der Waals surface area contributed by atoms with E-state index in [0.29, 0.717) is 0 Å². The summed E-state index contributed by atoms with van der Waals surface area (Å²) < 4.78 is 38.0. The number of rotatable bonds is 1. The van der Waals surface area contributed by atoms with E-state index < -0.39 is 12.2 Å². The van der Waals surface area contributed by atoms with Crippen molar-refractivity contribution in [2.45, 2.75) is 38.5 Å². The predicted molar refractivity (Wildman–Crippen MR) is 49.3 cm³/mol. The van der Waals surface area contributed by atoms with Crippen molar-refractivity contribution in [2.75, 3.05) is 13.1 Å². The van der Waals surface area contributed by atoms with E-state index in [0.717, 1.165) is 0 Å². The minimum absolute atomic E-state index is 0.130. The van der Waals surface area contributed by atoms with E-state index >= 15 is 0 Å². The zero-order valence-electron chi connectivity index (χ0n) is 8.77. The summed E-state index contributed by atoms with van der Waals surface area (Å²) in [6, 6.07) is -1.78. The number of amides is 1. The Hall–Kier alpha value is -0.780. The highest BCUT2D eigenvalue weighted by Gasteiger charge is 2.45. The monoisotopic (exact) mass is 224 g/mol. The molecule has 3 nitrogen and oxygen atoms in total. The van der Waals surface area contributed by atoms with Gasteiger partial charge in [-0.2, -0.15) is 13.2 Å². The van der Waals surface area contributed by atoms with Gasteiger partial charge in [0.25, 0.3) is 0 Å². The van der Waals surface area contributed by atoms with Crippen LogP contribution in [0.15, 0.2) is 0 Å². The minimum Gasteiger partial charge on any atom is -0.354 e.